The minimum Gasteiger partial charge on any atom is -0.477 e. The Hall–Kier alpha value is -2.37. The van der Waals surface area contributed by atoms with E-state index >= 15 is 0 Å². The lowest BCUT2D eigenvalue weighted by Crippen LogP contribution is -1.98. The van der Waals surface area contributed by atoms with Gasteiger partial charge >= 0.3 is 5.97 Å². The van der Waals surface area contributed by atoms with Gasteiger partial charge in [-0.2, -0.15) is 0 Å². The van der Waals surface area contributed by atoms with E-state index in [-0.39, 0.29) is 5.69 Å². The molecule has 0 spiro atoms. The van der Waals surface area contributed by atoms with Gasteiger partial charge in [-0.3, -0.25) is 0 Å². The van der Waals surface area contributed by atoms with Crippen LogP contribution in [-0.2, 0) is 0 Å². The van der Waals surface area contributed by atoms with Gasteiger partial charge in [0.25, 0.3) is 0 Å². The van der Waals surface area contributed by atoms with Crippen LogP contribution >= 0.6 is 0 Å². The van der Waals surface area contributed by atoms with Crippen molar-refractivity contribution in [3.05, 3.63) is 29.7 Å². The summed E-state index contributed by atoms with van der Waals surface area (Å²) in [6.07, 6.45) is 3.32. The molecule has 0 unspecified atom stereocenters. The third-order valence-electron chi connectivity index (χ3n) is 2.38. The number of carboxylic acids is 1. The number of hydrogen-bond donors (Lipinski definition) is 3. The van der Waals surface area contributed by atoms with Gasteiger partial charge in [-0.25, -0.2) is 14.8 Å². The predicted octanol–water partition coefficient (Wildman–Crippen LogP) is 1.52. The number of aromatic nitrogens is 3. The monoisotopic (exact) mass is 232 g/mol. The lowest BCUT2D eigenvalue weighted by molar-refractivity contribution is 0.0691. The zero-order valence-corrected chi connectivity index (χ0v) is 9.48. The quantitative estimate of drug-likeness (QED) is 0.746. The van der Waals surface area contributed by atoms with Gasteiger partial charge in [0.1, 0.15) is 5.69 Å². The molecule has 2 aromatic rings. The molecule has 0 aromatic carbocycles. The molecule has 0 radical (unpaired) electrons. The number of hydrogen-bond acceptors (Lipinski definition) is 4. The first-order valence-electron chi connectivity index (χ1n) is 5.05. The molecule has 0 amide bonds. The average Bonchev–Trinajstić information content (AvgIpc) is 2.79. The first-order chi connectivity index (χ1) is 8.11. The predicted molar refractivity (Wildman–Crippen MR) is 63.1 cm³/mol. The molecule has 2 heterocycles. The molecule has 0 bridgehead atoms. The number of aromatic amines is 1. The molecule has 0 saturated carbocycles. The number of aromatic carboxylic acids is 1. The summed E-state index contributed by atoms with van der Waals surface area (Å²) < 4.78 is 0. The number of nitrogens with one attached hydrogen (secondary N) is 2. The van der Waals surface area contributed by atoms with Crippen molar-refractivity contribution in [1.29, 1.82) is 0 Å². The van der Waals surface area contributed by atoms with Gasteiger partial charge < -0.3 is 15.4 Å². The van der Waals surface area contributed by atoms with Gasteiger partial charge in [-0.1, -0.05) is 0 Å². The van der Waals surface area contributed by atoms with Gasteiger partial charge in [0.2, 0.25) is 5.95 Å². The number of carbonyl (C=O) groups is 1. The molecule has 0 atom stereocenters. The van der Waals surface area contributed by atoms with E-state index < -0.39 is 5.97 Å². The maximum absolute atomic E-state index is 10.8. The van der Waals surface area contributed by atoms with E-state index in [1.54, 1.807) is 25.5 Å². The second-order valence-corrected chi connectivity index (χ2v) is 3.58. The van der Waals surface area contributed by atoms with Crippen LogP contribution in [0.15, 0.2) is 18.5 Å². The molecule has 3 N–H and O–H groups in total. The van der Waals surface area contributed by atoms with Crippen molar-refractivity contribution in [2.75, 3.05) is 12.4 Å². The summed E-state index contributed by atoms with van der Waals surface area (Å²) in [7, 11) is 1.73. The Morgan fingerprint density at radius 3 is 2.88 bits per heavy atom. The highest BCUT2D eigenvalue weighted by Gasteiger charge is 2.11. The largest absolute Gasteiger partial charge is 0.477 e. The molecule has 88 valence electrons. The summed E-state index contributed by atoms with van der Waals surface area (Å²) in [6.45, 7) is 1.88. The summed E-state index contributed by atoms with van der Waals surface area (Å²) in [5, 5.41) is 11.7. The first kappa shape index (κ1) is 11.1. The van der Waals surface area contributed by atoms with Crippen LogP contribution < -0.4 is 5.32 Å². The molecule has 2 rings (SSSR count). The normalized spacial score (nSPS) is 10.2. The van der Waals surface area contributed by atoms with Crippen molar-refractivity contribution in [2.45, 2.75) is 6.92 Å². The number of anilines is 1. The molecular weight excluding hydrogens is 220 g/mol. The van der Waals surface area contributed by atoms with E-state index in [0.717, 1.165) is 11.1 Å². The van der Waals surface area contributed by atoms with Crippen LogP contribution in [0.5, 0.6) is 0 Å². The van der Waals surface area contributed by atoms with Crippen molar-refractivity contribution < 1.29 is 9.90 Å². The van der Waals surface area contributed by atoms with Crippen molar-refractivity contribution >= 4 is 11.9 Å². The van der Waals surface area contributed by atoms with E-state index in [9.17, 15) is 4.79 Å². The molecule has 0 saturated heterocycles. The summed E-state index contributed by atoms with van der Waals surface area (Å²) >= 11 is 0. The molecular formula is C11H12N4O2. The van der Waals surface area contributed by atoms with Crippen molar-refractivity contribution in [3.63, 3.8) is 0 Å². The topological polar surface area (TPSA) is 90.9 Å². The Balaban J connectivity index is 2.47. The fourth-order valence-corrected chi connectivity index (χ4v) is 1.51. The van der Waals surface area contributed by atoms with Crippen LogP contribution in [0, 0.1) is 6.92 Å². The van der Waals surface area contributed by atoms with Crippen LogP contribution in [-0.4, -0.2) is 33.1 Å². The molecule has 17 heavy (non-hydrogen) atoms. The zero-order valence-electron chi connectivity index (χ0n) is 9.48. The number of rotatable bonds is 3. The van der Waals surface area contributed by atoms with Crippen LogP contribution in [0.2, 0.25) is 0 Å². The Labute approximate surface area is 97.7 Å². The van der Waals surface area contributed by atoms with E-state index in [1.807, 2.05) is 6.92 Å². The first-order valence-corrected chi connectivity index (χ1v) is 5.05. The number of H-pyrrole nitrogens is 1. The zero-order chi connectivity index (χ0) is 12.4. The second kappa shape index (κ2) is 4.25. The Bertz CT molecular complexity index is 562. The Morgan fingerprint density at radius 1 is 1.53 bits per heavy atom. The molecule has 2 aromatic heterocycles. The number of nitrogens with zero attached hydrogens (tertiary/aromatic N) is 2. The third kappa shape index (κ3) is 2.10. The summed E-state index contributed by atoms with van der Waals surface area (Å²) in [5.74, 6) is -0.486. The summed E-state index contributed by atoms with van der Waals surface area (Å²) in [4.78, 5) is 21.8. The van der Waals surface area contributed by atoms with E-state index in [0.29, 0.717) is 11.6 Å². The van der Waals surface area contributed by atoms with E-state index in [2.05, 4.69) is 20.3 Å². The molecule has 0 aliphatic rings. The standard InChI is InChI=1S/C11H12N4O2/c1-6-4-14-11(12-2)15-9(6)7-3-8(10(16)17)13-5-7/h3-5,13H,1-2H3,(H,16,17)(H,12,14,15). The van der Waals surface area contributed by atoms with Crippen molar-refractivity contribution in [3.8, 4) is 11.3 Å². The van der Waals surface area contributed by atoms with Crippen LogP contribution in [0.4, 0.5) is 5.95 Å². The maximum atomic E-state index is 10.8. The maximum Gasteiger partial charge on any atom is 0.352 e. The fourth-order valence-electron chi connectivity index (χ4n) is 1.51. The van der Waals surface area contributed by atoms with Gasteiger partial charge in [0.05, 0.1) is 5.69 Å². The van der Waals surface area contributed by atoms with Gasteiger partial charge in [-0.05, 0) is 18.6 Å². The Morgan fingerprint density at radius 2 is 2.29 bits per heavy atom. The second-order valence-electron chi connectivity index (χ2n) is 3.58. The lowest BCUT2D eigenvalue weighted by atomic mass is 10.1. The molecule has 0 aliphatic carbocycles. The Kier molecular flexibility index (Phi) is 2.78. The lowest BCUT2D eigenvalue weighted by Gasteiger charge is -2.04. The minimum atomic E-state index is -0.989. The summed E-state index contributed by atoms with van der Waals surface area (Å²) in [5.41, 5.74) is 2.48. The summed E-state index contributed by atoms with van der Waals surface area (Å²) in [6, 6.07) is 1.55. The van der Waals surface area contributed by atoms with Gasteiger partial charge in [0, 0.05) is 25.0 Å². The molecule has 6 heteroatoms. The van der Waals surface area contributed by atoms with Gasteiger partial charge in [0.15, 0.2) is 0 Å². The van der Waals surface area contributed by atoms with Crippen LogP contribution in [0.1, 0.15) is 16.1 Å². The number of aryl methyl sites for hydroxylation is 1. The van der Waals surface area contributed by atoms with Crippen molar-refractivity contribution in [2.24, 2.45) is 0 Å². The molecule has 6 nitrogen and oxygen atoms in total. The van der Waals surface area contributed by atoms with Crippen LogP contribution in [0.3, 0.4) is 0 Å². The molecule has 0 fully saturated rings. The van der Waals surface area contributed by atoms with E-state index in [4.69, 9.17) is 5.11 Å². The fraction of sp³-hybridized carbons (Fsp3) is 0.182. The number of carboxylic acid groups (broad SMARTS) is 1. The highest BCUT2D eigenvalue weighted by molar-refractivity contribution is 5.87. The highest BCUT2D eigenvalue weighted by Crippen LogP contribution is 2.22. The van der Waals surface area contributed by atoms with E-state index in [1.165, 1.54) is 0 Å². The van der Waals surface area contributed by atoms with Crippen molar-refractivity contribution in [1.82, 2.24) is 15.0 Å². The van der Waals surface area contributed by atoms with Gasteiger partial charge in [-0.15, -0.1) is 0 Å². The minimum absolute atomic E-state index is 0.143. The highest BCUT2D eigenvalue weighted by atomic mass is 16.4. The van der Waals surface area contributed by atoms with Crippen LogP contribution in [0.25, 0.3) is 11.3 Å². The average molecular weight is 232 g/mol. The SMILES string of the molecule is CNc1ncc(C)c(-c2c[nH]c(C(=O)O)c2)n1. The third-order valence-corrected chi connectivity index (χ3v) is 2.38. The molecule has 0 aliphatic heterocycles. The smallest absolute Gasteiger partial charge is 0.352 e.